The summed E-state index contributed by atoms with van der Waals surface area (Å²) >= 11 is 0. The van der Waals surface area contributed by atoms with Crippen LogP contribution in [0, 0.1) is 0 Å². The molecule has 0 aliphatic carbocycles. The van der Waals surface area contributed by atoms with Crippen molar-refractivity contribution in [1.29, 1.82) is 0 Å². The molecule has 1 aromatic rings. The fraction of sp³-hybridized carbons (Fsp3) is 0.222. The number of rotatable bonds is 11. The number of carbonyl (C=O) groups is 5. The maximum atomic E-state index is 12.2. The highest BCUT2D eigenvalue weighted by molar-refractivity contribution is 5.98. The number of carboxylic acid groups (broad SMARTS) is 3. The van der Waals surface area contributed by atoms with Crippen LogP contribution in [0.3, 0.4) is 0 Å². The number of nitrogens with zero attached hydrogens (tertiary/aromatic N) is 1. The van der Waals surface area contributed by atoms with Gasteiger partial charge in [-0.2, -0.15) is 0 Å². The molecule has 13 nitrogen and oxygen atoms in total. The Labute approximate surface area is 175 Å². The van der Waals surface area contributed by atoms with E-state index < -0.39 is 54.6 Å². The Morgan fingerprint density at radius 1 is 0.903 bits per heavy atom. The highest BCUT2D eigenvalue weighted by atomic mass is 16.4. The normalized spacial score (nSPS) is 12.4. The van der Waals surface area contributed by atoms with Gasteiger partial charge in [-0.1, -0.05) is 12.1 Å². The van der Waals surface area contributed by atoms with Gasteiger partial charge in [0.15, 0.2) is 5.96 Å². The standard InChI is InChI=1S/C18H21N5O8/c19-18(20)21-10-4-1-9(2-5-10)3-6-13(24)22-11(7-14(25)26)16(29)23-12(17(30)31)8-15(27)28/h1-6,11-12H,7-8H2,(H,22,24)(H,23,29)(H,25,26)(H,27,28)(H,30,31)(H4,19,20,21)/t11-,12-/m0/s1. The Morgan fingerprint density at radius 3 is 1.94 bits per heavy atom. The van der Waals surface area contributed by atoms with E-state index in [4.69, 9.17) is 26.8 Å². The summed E-state index contributed by atoms with van der Waals surface area (Å²) < 4.78 is 0. The Morgan fingerprint density at radius 2 is 1.45 bits per heavy atom. The third-order valence-electron chi connectivity index (χ3n) is 3.58. The molecule has 0 saturated carbocycles. The molecule has 0 spiro atoms. The minimum atomic E-state index is -1.79. The van der Waals surface area contributed by atoms with Gasteiger partial charge in [-0.15, -0.1) is 0 Å². The second-order valence-electron chi connectivity index (χ2n) is 6.12. The van der Waals surface area contributed by atoms with E-state index >= 15 is 0 Å². The highest BCUT2D eigenvalue weighted by Crippen LogP contribution is 2.13. The topological polar surface area (TPSA) is 234 Å². The fourth-order valence-corrected chi connectivity index (χ4v) is 2.23. The predicted octanol–water partition coefficient (Wildman–Crippen LogP) is -1.39. The van der Waals surface area contributed by atoms with Crippen LogP contribution >= 0.6 is 0 Å². The largest absolute Gasteiger partial charge is 0.481 e. The second-order valence-corrected chi connectivity index (χ2v) is 6.12. The summed E-state index contributed by atoms with van der Waals surface area (Å²) in [5.74, 6) is -6.66. The number of aliphatic imine (C=N–C) groups is 1. The Bertz CT molecular complexity index is 906. The zero-order valence-corrected chi connectivity index (χ0v) is 16.0. The van der Waals surface area contributed by atoms with Gasteiger partial charge in [-0.25, -0.2) is 9.79 Å². The Balaban J connectivity index is 2.84. The number of amides is 2. The molecular weight excluding hydrogens is 414 g/mol. The van der Waals surface area contributed by atoms with E-state index in [1.807, 2.05) is 5.32 Å². The summed E-state index contributed by atoms with van der Waals surface area (Å²) in [5.41, 5.74) is 11.6. The van der Waals surface area contributed by atoms with E-state index in [0.717, 1.165) is 6.08 Å². The summed E-state index contributed by atoms with van der Waals surface area (Å²) in [5, 5.41) is 30.7. The SMILES string of the molecule is NC(N)=Nc1ccc(C=CC(=O)N[C@@H](CC(=O)O)C(=O)N[C@@H](CC(=O)O)C(=O)O)cc1. The number of carboxylic acids is 3. The van der Waals surface area contributed by atoms with Crippen LogP contribution in [-0.4, -0.2) is 63.1 Å². The van der Waals surface area contributed by atoms with Crippen molar-refractivity contribution in [2.75, 3.05) is 0 Å². The number of hydrogen-bond acceptors (Lipinski definition) is 6. The first-order valence-electron chi connectivity index (χ1n) is 8.63. The summed E-state index contributed by atoms with van der Waals surface area (Å²) in [6.07, 6.45) is 0.626. The molecule has 0 aliphatic rings. The first-order chi connectivity index (χ1) is 14.5. The number of nitrogens with two attached hydrogens (primary N) is 2. The van der Waals surface area contributed by atoms with Crippen molar-refractivity contribution in [3.05, 3.63) is 35.9 Å². The summed E-state index contributed by atoms with van der Waals surface area (Å²) in [6, 6.07) is 2.91. The van der Waals surface area contributed by atoms with Gasteiger partial charge in [0.2, 0.25) is 11.8 Å². The van der Waals surface area contributed by atoms with Crippen LogP contribution in [0.5, 0.6) is 0 Å². The van der Waals surface area contributed by atoms with Gasteiger partial charge in [0.25, 0.3) is 0 Å². The van der Waals surface area contributed by atoms with Crippen molar-refractivity contribution >= 4 is 47.4 Å². The lowest BCUT2D eigenvalue weighted by molar-refractivity contribution is -0.148. The average Bonchev–Trinajstić information content (AvgIpc) is 2.65. The van der Waals surface area contributed by atoms with Crippen LogP contribution in [0.4, 0.5) is 5.69 Å². The third-order valence-corrected chi connectivity index (χ3v) is 3.58. The molecule has 0 fully saturated rings. The van der Waals surface area contributed by atoms with E-state index in [2.05, 4.69) is 10.3 Å². The monoisotopic (exact) mass is 435 g/mol. The van der Waals surface area contributed by atoms with Crippen molar-refractivity contribution in [1.82, 2.24) is 10.6 Å². The first-order valence-corrected chi connectivity index (χ1v) is 8.63. The van der Waals surface area contributed by atoms with E-state index in [1.165, 1.54) is 6.08 Å². The van der Waals surface area contributed by atoms with Gasteiger partial charge in [0, 0.05) is 6.08 Å². The van der Waals surface area contributed by atoms with Gasteiger partial charge in [-0.05, 0) is 23.8 Å². The molecule has 0 aliphatic heterocycles. The van der Waals surface area contributed by atoms with Crippen LogP contribution in [0.1, 0.15) is 18.4 Å². The molecule has 2 amide bonds. The minimum Gasteiger partial charge on any atom is -0.481 e. The van der Waals surface area contributed by atoms with Gasteiger partial charge in [0.05, 0.1) is 18.5 Å². The van der Waals surface area contributed by atoms with Crippen molar-refractivity contribution in [3.63, 3.8) is 0 Å². The molecule has 1 aromatic carbocycles. The molecule has 2 atom stereocenters. The number of aliphatic carboxylic acids is 3. The van der Waals surface area contributed by atoms with Crippen molar-refractivity contribution < 1.29 is 39.3 Å². The molecule has 31 heavy (non-hydrogen) atoms. The van der Waals surface area contributed by atoms with Crippen LogP contribution in [0.25, 0.3) is 6.08 Å². The molecule has 9 N–H and O–H groups in total. The molecule has 0 bridgehead atoms. The lowest BCUT2D eigenvalue weighted by Crippen LogP contribution is -2.52. The zero-order valence-electron chi connectivity index (χ0n) is 16.0. The quantitative estimate of drug-likeness (QED) is 0.122. The Hall–Kier alpha value is -4.42. The van der Waals surface area contributed by atoms with Gasteiger partial charge in [0.1, 0.15) is 12.1 Å². The van der Waals surface area contributed by atoms with Crippen molar-refractivity contribution in [2.24, 2.45) is 16.5 Å². The van der Waals surface area contributed by atoms with Gasteiger partial charge >= 0.3 is 17.9 Å². The highest BCUT2D eigenvalue weighted by Gasteiger charge is 2.29. The van der Waals surface area contributed by atoms with E-state index in [1.54, 1.807) is 24.3 Å². The third kappa shape index (κ3) is 9.56. The van der Waals surface area contributed by atoms with Crippen LogP contribution in [0.2, 0.25) is 0 Å². The van der Waals surface area contributed by atoms with Crippen LogP contribution < -0.4 is 22.1 Å². The average molecular weight is 435 g/mol. The maximum absolute atomic E-state index is 12.2. The number of carbonyl (C=O) groups excluding carboxylic acids is 2. The first kappa shape index (κ1) is 24.6. The zero-order chi connectivity index (χ0) is 23.6. The van der Waals surface area contributed by atoms with Crippen molar-refractivity contribution in [2.45, 2.75) is 24.9 Å². The maximum Gasteiger partial charge on any atom is 0.326 e. The summed E-state index contributed by atoms with van der Waals surface area (Å²) in [7, 11) is 0. The predicted molar refractivity (Wildman–Crippen MR) is 107 cm³/mol. The number of nitrogens with one attached hydrogen (secondary N) is 2. The number of hydrogen-bond donors (Lipinski definition) is 7. The molecular formula is C18H21N5O8. The summed E-state index contributed by atoms with van der Waals surface area (Å²) in [6.45, 7) is 0. The second kappa shape index (κ2) is 11.5. The lowest BCUT2D eigenvalue weighted by atomic mass is 10.1. The van der Waals surface area contributed by atoms with Gasteiger partial charge < -0.3 is 37.4 Å². The molecule has 1 rings (SSSR count). The minimum absolute atomic E-state index is 0.126. The molecule has 0 unspecified atom stereocenters. The molecule has 0 heterocycles. The van der Waals surface area contributed by atoms with Crippen molar-refractivity contribution in [3.8, 4) is 0 Å². The van der Waals surface area contributed by atoms with E-state index in [0.29, 0.717) is 11.3 Å². The molecule has 0 radical (unpaired) electrons. The fourth-order valence-electron chi connectivity index (χ4n) is 2.23. The Kier molecular flexibility index (Phi) is 9.17. The molecule has 0 saturated heterocycles. The number of guanidine groups is 1. The van der Waals surface area contributed by atoms with E-state index in [9.17, 15) is 24.0 Å². The van der Waals surface area contributed by atoms with Crippen LogP contribution in [0.15, 0.2) is 35.3 Å². The van der Waals surface area contributed by atoms with Crippen LogP contribution in [-0.2, 0) is 24.0 Å². The number of benzene rings is 1. The summed E-state index contributed by atoms with van der Waals surface area (Å²) in [4.78, 5) is 60.9. The smallest absolute Gasteiger partial charge is 0.326 e. The van der Waals surface area contributed by atoms with E-state index in [-0.39, 0.29) is 5.96 Å². The molecule has 0 aromatic heterocycles. The molecule has 166 valence electrons. The lowest BCUT2D eigenvalue weighted by Gasteiger charge is -2.19. The van der Waals surface area contributed by atoms with Gasteiger partial charge in [-0.3, -0.25) is 19.2 Å². The molecule has 13 heteroatoms.